The summed E-state index contributed by atoms with van der Waals surface area (Å²) in [6.45, 7) is 4.33. The van der Waals surface area contributed by atoms with E-state index in [4.69, 9.17) is 4.74 Å². The van der Waals surface area contributed by atoms with E-state index in [9.17, 15) is 14.4 Å². The number of amides is 3. The molecule has 1 aliphatic rings. The van der Waals surface area contributed by atoms with Crippen LogP contribution in [0, 0.1) is 0 Å². The Morgan fingerprint density at radius 1 is 1.02 bits per heavy atom. The second-order valence-electron chi connectivity index (χ2n) is 9.45. The first kappa shape index (κ1) is 29.1. The number of rotatable bonds is 12. The van der Waals surface area contributed by atoms with Gasteiger partial charge in [-0.05, 0) is 17.7 Å². The van der Waals surface area contributed by atoms with E-state index in [-0.39, 0.29) is 37.2 Å². The standard InChI is InChI=1S/C30H35N5O4S/c1-39-20-19-35(29(38)25-12-6-3-7-13-25)22-27(36)32-30-31-26(23-40-30)21-28(37)34-17-15-33(16-18-34)14-8-11-24-9-4-2-5-10-24/h2-13,23H,14-22H2,1H3,(H,31,32,36). The van der Waals surface area contributed by atoms with Gasteiger partial charge in [0.1, 0.15) is 6.54 Å². The first-order valence-electron chi connectivity index (χ1n) is 13.3. The Bertz CT molecular complexity index is 1270. The Labute approximate surface area is 239 Å². The summed E-state index contributed by atoms with van der Waals surface area (Å²) in [6, 6.07) is 19.0. The van der Waals surface area contributed by atoms with E-state index in [1.165, 1.54) is 21.8 Å². The van der Waals surface area contributed by atoms with Gasteiger partial charge in [0.15, 0.2) is 5.13 Å². The molecule has 1 aromatic heterocycles. The van der Waals surface area contributed by atoms with Gasteiger partial charge in [0.05, 0.1) is 18.7 Å². The number of methoxy groups -OCH3 is 1. The maximum atomic E-state index is 12.9. The molecule has 1 saturated heterocycles. The first-order valence-corrected chi connectivity index (χ1v) is 14.2. The van der Waals surface area contributed by atoms with Crippen molar-refractivity contribution in [3.05, 3.63) is 88.9 Å². The van der Waals surface area contributed by atoms with Gasteiger partial charge in [-0.15, -0.1) is 11.3 Å². The number of piperazine rings is 1. The normalized spacial score (nSPS) is 13.9. The van der Waals surface area contributed by atoms with Crippen LogP contribution in [-0.4, -0.2) is 96.9 Å². The molecule has 0 aliphatic carbocycles. The molecule has 1 aliphatic heterocycles. The minimum atomic E-state index is -0.356. The maximum Gasteiger partial charge on any atom is 0.254 e. The molecule has 0 atom stereocenters. The number of carbonyl (C=O) groups is 3. The highest BCUT2D eigenvalue weighted by molar-refractivity contribution is 7.13. The Hall–Kier alpha value is -3.86. The molecule has 1 fully saturated rings. The van der Waals surface area contributed by atoms with Gasteiger partial charge in [-0.25, -0.2) is 4.98 Å². The van der Waals surface area contributed by atoms with Gasteiger partial charge in [0.25, 0.3) is 5.91 Å². The van der Waals surface area contributed by atoms with Gasteiger partial charge in [-0.2, -0.15) is 0 Å². The number of anilines is 1. The fourth-order valence-electron chi connectivity index (χ4n) is 4.34. The number of carbonyl (C=O) groups excluding carboxylic acids is 3. The Morgan fingerprint density at radius 2 is 1.73 bits per heavy atom. The van der Waals surface area contributed by atoms with Gasteiger partial charge in [0.2, 0.25) is 11.8 Å². The number of benzene rings is 2. The SMILES string of the molecule is COCCN(CC(=O)Nc1nc(CC(=O)N2CCN(CC=Cc3ccccc3)CC2)cs1)C(=O)c1ccccc1. The molecule has 3 aromatic rings. The molecule has 4 rings (SSSR count). The Morgan fingerprint density at radius 3 is 2.42 bits per heavy atom. The quantitative estimate of drug-likeness (QED) is 0.365. The lowest BCUT2D eigenvalue weighted by Crippen LogP contribution is -2.49. The van der Waals surface area contributed by atoms with E-state index in [0.717, 1.165) is 19.6 Å². The molecule has 0 spiro atoms. The van der Waals surface area contributed by atoms with Gasteiger partial charge < -0.3 is 19.9 Å². The van der Waals surface area contributed by atoms with Crippen LogP contribution in [0.2, 0.25) is 0 Å². The number of hydrogen-bond acceptors (Lipinski definition) is 7. The molecule has 0 saturated carbocycles. The molecule has 0 radical (unpaired) electrons. The molecule has 9 nitrogen and oxygen atoms in total. The van der Waals surface area contributed by atoms with E-state index < -0.39 is 0 Å². The topological polar surface area (TPSA) is 95.1 Å². The summed E-state index contributed by atoms with van der Waals surface area (Å²) in [6.07, 6.45) is 4.47. The molecule has 0 unspecified atom stereocenters. The monoisotopic (exact) mass is 561 g/mol. The predicted octanol–water partition coefficient (Wildman–Crippen LogP) is 3.27. The van der Waals surface area contributed by atoms with Gasteiger partial charge in [-0.1, -0.05) is 60.7 Å². The van der Waals surface area contributed by atoms with Crippen LogP contribution < -0.4 is 5.32 Å². The molecule has 40 heavy (non-hydrogen) atoms. The molecule has 0 bridgehead atoms. The summed E-state index contributed by atoms with van der Waals surface area (Å²) < 4.78 is 5.11. The summed E-state index contributed by atoms with van der Waals surface area (Å²) in [5.41, 5.74) is 2.31. The average Bonchev–Trinajstić information content (AvgIpc) is 3.42. The smallest absolute Gasteiger partial charge is 0.254 e. The highest BCUT2D eigenvalue weighted by Crippen LogP contribution is 2.17. The van der Waals surface area contributed by atoms with Crippen molar-refractivity contribution < 1.29 is 19.1 Å². The van der Waals surface area contributed by atoms with Crippen LogP contribution in [0.4, 0.5) is 5.13 Å². The van der Waals surface area contributed by atoms with E-state index in [2.05, 4.69) is 39.5 Å². The molecule has 210 valence electrons. The lowest BCUT2D eigenvalue weighted by Gasteiger charge is -2.34. The third-order valence-corrected chi connectivity index (χ3v) is 7.34. The zero-order valence-electron chi connectivity index (χ0n) is 22.7. The minimum absolute atomic E-state index is 0.0295. The Balaban J connectivity index is 1.22. The largest absolute Gasteiger partial charge is 0.383 e. The minimum Gasteiger partial charge on any atom is -0.383 e. The van der Waals surface area contributed by atoms with Crippen LogP contribution >= 0.6 is 11.3 Å². The summed E-state index contributed by atoms with van der Waals surface area (Å²) >= 11 is 1.27. The van der Waals surface area contributed by atoms with Crippen molar-refractivity contribution in [3.8, 4) is 0 Å². The van der Waals surface area contributed by atoms with Crippen molar-refractivity contribution >= 4 is 40.3 Å². The van der Waals surface area contributed by atoms with Crippen LogP contribution in [0.5, 0.6) is 0 Å². The van der Waals surface area contributed by atoms with Gasteiger partial charge >= 0.3 is 0 Å². The van der Waals surface area contributed by atoms with Crippen molar-refractivity contribution in [3.63, 3.8) is 0 Å². The predicted molar refractivity (Wildman–Crippen MR) is 157 cm³/mol. The number of thiazole rings is 1. The van der Waals surface area contributed by atoms with Crippen molar-refractivity contribution in [2.75, 3.05) is 64.8 Å². The average molecular weight is 562 g/mol. The summed E-state index contributed by atoms with van der Waals surface area (Å²) in [4.78, 5) is 48.6. The van der Waals surface area contributed by atoms with Crippen LogP contribution in [0.25, 0.3) is 6.08 Å². The van der Waals surface area contributed by atoms with Crippen LogP contribution in [0.3, 0.4) is 0 Å². The molecule has 1 N–H and O–H groups in total. The zero-order valence-corrected chi connectivity index (χ0v) is 23.5. The van der Waals surface area contributed by atoms with E-state index in [1.54, 1.807) is 36.8 Å². The van der Waals surface area contributed by atoms with Crippen molar-refractivity contribution in [1.82, 2.24) is 19.7 Å². The second-order valence-corrected chi connectivity index (χ2v) is 10.3. The van der Waals surface area contributed by atoms with Crippen LogP contribution in [0.15, 0.2) is 72.1 Å². The fraction of sp³-hybridized carbons (Fsp3) is 0.333. The van der Waals surface area contributed by atoms with Crippen molar-refractivity contribution in [1.29, 1.82) is 0 Å². The van der Waals surface area contributed by atoms with Crippen LogP contribution in [-0.2, 0) is 20.7 Å². The number of aromatic nitrogens is 1. The van der Waals surface area contributed by atoms with E-state index >= 15 is 0 Å². The van der Waals surface area contributed by atoms with E-state index in [1.807, 2.05) is 29.2 Å². The Kier molecular flexibility index (Phi) is 11.0. The molecular weight excluding hydrogens is 526 g/mol. The highest BCUT2D eigenvalue weighted by Gasteiger charge is 2.22. The number of nitrogens with zero attached hydrogens (tertiary/aromatic N) is 4. The van der Waals surface area contributed by atoms with Gasteiger partial charge in [-0.3, -0.25) is 19.3 Å². The second kappa shape index (κ2) is 15.1. The lowest BCUT2D eigenvalue weighted by molar-refractivity contribution is -0.132. The molecule has 2 heterocycles. The summed E-state index contributed by atoms with van der Waals surface area (Å²) in [7, 11) is 1.55. The summed E-state index contributed by atoms with van der Waals surface area (Å²) in [5, 5.41) is 4.95. The lowest BCUT2D eigenvalue weighted by atomic mass is 10.2. The van der Waals surface area contributed by atoms with Crippen molar-refractivity contribution in [2.24, 2.45) is 0 Å². The van der Waals surface area contributed by atoms with Crippen LogP contribution in [0.1, 0.15) is 21.6 Å². The zero-order chi connectivity index (χ0) is 28.2. The summed E-state index contributed by atoms with van der Waals surface area (Å²) in [5.74, 6) is -0.572. The van der Waals surface area contributed by atoms with E-state index in [0.29, 0.717) is 36.1 Å². The molecule has 10 heteroatoms. The number of hydrogen-bond donors (Lipinski definition) is 1. The fourth-order valence-corrected chi connectivity index (χ4v) is 5.07. The molecule has 3 amide bonds. The number of nitrogens with one attached hydrogen (secondary N) is 1. The third-order valence-electron chi connectivity index (χ3n) is 6.54. The highest BCUT2D eigenvalue weighted by atomic mass is 32.1. The molecular formula is C30H35N5O4S. The maximum absolute atomic E-state index is 12.9. The third kappa shape index (κ3) is 8.84. The molecule has 2 aromatic carbocycles. The van der Waals surface area contributed by atoms with Crippen molar-refractivity contribution in [2.45, 2.75) is 6.42 Å². The number of ether oxygens (including phenoxy) is 1. The first-order chi connectivity index (χ1) is 19.5. The van der Waals surface area contributed by atoms with Gasteiger partial charge in [0, 0.05) is 57.3 Å².